The molecule has 10 nitrogen and oxygen atoms in total. The molecule has 14 heteroatoms. The predicted molar refractivity (Wildman–Crippen MR) is 48.1 cm³/mol. The Kier molecular flexibility index (Phi) is 24.3. The van der Waals surface area contributed by atoms with E-state index in [0.29, 0.717) is 0 Å². The van der Waals surface area contributed by atoms with Crippen molar-refractivity contribution in [1.82, 2.24) is 0 Å². The van der Waals surface area contributed by atoms with E-state index < -0.39 is 33.1 Å². The summed E-state index contributed by atoms with van der Waals surface area (Å²) in [6.45, 7) is 0. The molecular formula is H7NaO10S3. The number of hydrogen-bond donors (Lipinski definition) is 6. The van der Waals surface area contributed by atoms with Crippen molar-refractivity contribution in [3.8, 4) is 0 Å². The van der Waals surface area contributed by atoms with Gasteiger partial charge in [-0.1, -0.05) is 0 Å². The Bertz CT molecular complexity index is 210. The van der Waals surface area contributed by atoms with Gasteiger partial charge in [-0.3, -0.25) is 27.3 Å². The van der Waals surface area contributed by atoms with Crippen LogP contribution >= 0.6 is 0 Å². The van der Waals surface area contributed by atoms with Crippen LogP contribution in [-0.4, -0.2) is 73.7 Å². The summed E-state index contributed by atoms with van der Waals surface area (Å²) >= 11 is -5.22. The molecular weight excluding hydrogens is 279 g/mol. The summed E-state index contributed by atoms with van der Waals surface area (Å²) in [5, 5.41) is 0. The monoisotopic (exact) mass is 286 g/mol. The minimum atomic E-state index is -4.67. The van der Waals surface area contributed by atoms with Crippen molar-refractivity contribution in [1.29, 1.82) is 0 Å². The SMILES string of the molecule is O=S(=O)(O)O.O=S(O)O.O=S(O)O.[NaH]. The molecule has 86 valence electrons. The zero-order valence-corrected chi connectivity index (χ0v) is 7.99. The van der Waals surface area contributed by atoms with Gasteiger partial charge in [0.1, 0.15) is 0 Å². The Morgan fingerprint density at radius 2 is 0.786 bits per heavy atom. The minimum absolute atomic E-state index is 0. The maximum atomic E-state index is 8.74. The molecule has 0 saturated carbocycles. The Morgan fingerprint density at radius 3 is 0.786 bits per heavy atom. The normalized spacial score (nSPS) is 9.14. The van der Waals surface area contributed by atoms with Crippen LogP contribution in [0.25, 0.3) is 0 Å². The maximum absolute atomic E-state index is 8.74. The third-order valence-electron chi connectivity index (χ3n) is 0. The molecule has 0 bridgehead atoms. The number of hydrogen-bond acceptors (Lipinski definition) is 4. The molecule has 0 aliphatic heterocycles. The van der Waals surface area contributed by atoms with E-state index in [1.54, 1.807) is 0 Å². The van der Waals surface area contributed by atoms with Crippen molar-refractivity contribution < 1.29 is 44.2 Å². The fraction of sp³-hybridized carbons (Fsp3) is 0. The van der Waals surface area contributed by atoms with Crippen LogP contribution in [0.4, 0.5) is 0 Å². The first kappa shape index (κ1) is 24.3. The predicted octanol–water partition coefficient (Wildman–Crippen LogP) is -1.94. The zero-order chi connectivity index (χ0) is 11.7. The first-order valence-corrected chi connectivity index (χ1v) is 5.29. The van der Waals surface area contributed by atoms with Gasteiger partial charge < -0.3 is 0 Å². The first-order valence-electron chi connectivity index (χ1n) is 1.76. The molecule has 0 spiro atoms. The van der Waals surface area contributed by atoms with Gasteiger partial charge in [-0.25, -0.2) is 0 Å². The van der Waals surface area contributed by atoms with Crippen LogP contribution in [0, 0.1) is 0 Å². The second-order valence-corrected chi connectivity index (χ2v) is 2.73. The van der Waals surface area contributed by atoms with Crippen LogP contribution in [0.3, 0.4) is 0 Å². The third kappa shape index (κ3) is 1840. The van der Waals surface area contributed by atoms with E-state index in [0.717, 1.165) is 0 Å². The molecule has 0 heterocycles. The summed E-state index contributed by atoms with van der Waals surface area (Å²) < 4.78 is 77.2. The third-order valence-corrected chi connectivity index (χ3v) is 0. The quantitative estimate of drug-likeness (QED) is 0.166. The molecule has 14 heavy (non-hydrogen) atoms. The number of rotatable bonds is 0. The Morgan fingerprint density at radius 1 is 0.786 bits per heavy atom. The molecule has 0 amide bonds. The average Bonchev–Trinajstić information content (AvgIpc) is 1.50. The van der Waals surface area contributed by atoms with Crippen molar-refractivity contribution in [2.45, 2.75) is 0 Å². The molecule has 0 aromatic carbocycles. The van der Waals surface area contributed by atoms with Gasteiger partial charge in [-0.2, -0.15) is 16.8 Å². The summed E-state index contributed by atoms with van der Waals surface area (Å²) in [7, 11) is -4.67. The standard InChI is InChI=1S/Na.H2O4S.2H2O3S.H/c;1-5(2,3)4;2*1-4(2)3;/h;(H2,1,2,3,4);2*(H2,1,2,3);. The van der Waals surface area contributed by atoms with Crippen LogP contribution in [0.15, 0.2) is 0 Å². The molecule has 6 N–H and O–H groups in total. The van der Waals surface area contributed by atoms with Crippen LogP contribution in [0.2, 0.25) is 0 Å². The fourth-order valence-electron chi connectivity index (χ4n) is 0. The van der Waals surface area contributed by atoms with Gasteiger partial charge in [0.15, 0.2) is 0 Å². The van der Waals surface area contributed by atoms with Crippen molar-refractivity contribution in [3.63, 3.8) is 0 Å². The molecule has 0 radical (unpaired) electrons. The van der Waals surface area contributed by atoms with E-state index in [-0.39, 0.29) is 29.6 Å². The van der Waals surface area contributed by atoms with E-state index >= 15 is 0 Å². The molecule has 0 aliphatic rings. The Labute approximate surface area is 106 Å². The van der Waals surface area contributed by atoms with E-state index in [1.807, 2.05) is 0 Å². The molecule has 0 aliphatic carbocycles. The second kappa shape index (κ2) is 14.0. The average molecular weight is 286 g/mol. The summed E-state index contributed by atoms with van der Waals surface area (Å²) in [5.41, 5.74) is 0. The van der Waals surface area contributed by atoms with Crippen molar-refractivity contribution >= 4 is 62.7 Å². The van der Waals surface area contributed by atoms with Gasteiger partial charge in [0.2, 0.25) is 0 Å². The summed E-state index contributed by atoms with van der Waals surface area (Å²) in [6, 6.07) is 0. The fourth-order valence-corrected chi connectivity index (χ4v) is 0. The molecule has 0 aromatic heterocycles. The van der Waals surface area contributed by atoms with Crippen LogP contribution in [0.1, 0.15) is 0 Å². The topological polar surface area (TPSA) is 190 Å². The Hall–Kier alpha value is 1.01. The van der Waals surface area contributed by atoms with Crippen LogP contribution < -0.4 is 0 Å². The zero-order valence-electron chi connectivity index (χ0n) is 5.54. The summed E-state index contributed by atoms with van der Waals surface area (Å²) in [5.74, 6) is 0. The van der Waals surface area contributed by atoms with E-state index in [2.05, 4.69) is 0 Å². The molecule has 0 aromatic rings. The summed E-state index contributed by atoms with van der Waals surface area (Å²) in [6.07, 6.45) is 0. The second-order valence-electron chi connectivity index (χ2n) is 0.909. The van der Waals surface area contributed by atoms with Crippen molar-refractivity contribution in [3.05, 3.63) is 0 Å². The van der Waals surface area contributed by atoms with Crippen molar-refractivity contribution in [2.75, 3.05) is 0 Å². The molecule has 0 unspecified atom stereocenters. The van der Waals surface area contributed by atoms with E-state index in [9.17, 15) is 0 Å². The van der Waals surface area contributed by atoms with Gasteiger partial charge >= 0.3 is 40.0 Å². The van der Waals surface area contributed by atoms with E-state index in [1.165, 1.54) is 0 Å². The molecule has 0 rings (SSSR count). The Balaban J connectivity index is -0.0000000522. The van der Waals surface area contributed by atoms with Crippen LogP contribution in [0.5, 0.6) is 0 Å². The van der Waals surface area contributed by atoms with E-state index in [4.69, 9.17) is 44.2 Å². The van der Waals surface area contributed by atoms with Crippen molar-refractivity contribution in [2.24, 2.45) is 0 Å². The van der Waals surface area contributed by atoms with Gasteiger partial charge in [0.05, 0.1) is 0 Å². The molecule has 0 saturated heterocycles. The van der Waals surface area contributed by atoms with Gasteiger partial charge in [0, 0.05) is 0 Å². The van der Waals surface area contributed by atoms with Gasteiger partial charge in [-0.05, 0) is 0 Å². The molecule has 0 atom stereocenters. The van der Waals surface area contributed by atoms with Crippen LogP contribution in [-0.2, 0) is 33.1 Å². The first-order chi connectivity index (χ1) is 5.46. The summed E-state index contributed by atoms with van der Waals surface area (Å²) in [4.78, 5) is 0. The molecule has 0 fully saturated rings. The van der Waals surface area contributed by atoms with Gasteiger partial charge in [0.25, 0.3) is 22.7 Å². The van der Waals surface area contributed by atoms with Gasteiger partial charge in [-0.15, -0.1) is 0 Å².